The van der Waals surface area contributed by atoms with Crippen molar-refractivity contribution in [2.45, 2.75) is 57.7 Å². The average molecular weight is 431 g/mol. The van der Waals surface area contributed by atoms with E-state index in [1.165, 1.54) is 0 Å². The van der Waals surface area contributed by atoms with Crippen LogP contribution in [0.25, 0.3) is 0 Å². The predicted molar refractivity (Wildman–Crippen MR) is 103 cm³/mol. The zero-order chi connectivity index (χ0) is 23.4. The summed E-state index contributed by atoms with van der Waals surface area (Å²) in [7, 11) is 0. The molecule has 0 spiro atoms. The van der Waals surface area contributed by atoms with Gasteiger partial charge in [0.1, 0.15) is 12.1 Å². The number of carbonyl (C=O) groups excluding carboxylic acids is 4. The Bertz CT molecular complexity index is 667. The van der Waals surface area contributed by atoms with Gasteiger partial charge in [-0.15, -0.1) is 0 Å². The number of nitrogens with two attached hydrogens (primary N) is 2. The molecule has 0 rings (SSSR count). The molecule has 0 aliphatic heterocycles. The van der Waals surface area contributed by atoms with Crippen LogP contribution in [0.3, 0.4) is 0 Å². The fourth-order valence-electron chi connectivity index (χ4n) is 2.27. The topological polar surface area (TPSA) is 231 Å². The van der Waals surface area contributed by atoms with Crippen molar-refractivity contribution in [3.05, 3.63) is 0 Å². The lowest BCUT2D eigenvalue weighted by Crippen LogP contribution is -2.55. The van der Waals surface area contributed by atoms with Crippen molar-refractivity contribution in [2.24, 2.45) is 17.4 Å². The van der Waals surface area contributed by atoms with Gasteiger partial charge in [0.2, 0.25) is 23.6 Å². The van der Waals surface area contributed by atoms with Crippen LogP contribution < -0.4 is 27.4 Å². The van der Waals surface area contributed by atoms with Gasteiger partial charge in [-0.2, -0.15) is 0 Å². The quantitative estimate of drug-likeness (QED) is 0.151. The lowest BCUT2D eigenvalue weighted by Gasteiger charge is -2.23. The van der Waals surface area contributed by atoms with Crippen molar-refractivity contribution in [1.29, 1.82) is 0 Å². The molecule has 0 saturated carbocycles. The van der Waals surface area contributed by atoms with Crippen molar-refractivity contribution in [3.8, 4) is 0 Å². The van der Waals surface area contributed by atoms with E-state index in [0.717, 1.165) is 0 Å². The number of primary amides is 1. The number of carbonyl (C=O) groups is 6. The molecular formula is C17H29N5O8. The molecule has 3 unspecified atom stereocenters. The average Bonchev–Trinajstić information content (AvgIpc) is 2.64. The Balaban J connectivity index is 4.74. The predicted octanol–water partition coefficient (Wildman–Crippen LogP) is -2.73. The van der Waals surface area contributed by atoms with Gasteiger partial charge in [0, 0.05) is 12.8 Å². The Morgan fingerprint density at radius 2 is 1.50 bits per heavy atom. The molecule has 0 radical (unpaired) electrons. The van der Waals surface area contributed by atoms with Gasteiger partial charge in [-0.1, -0.05) is 13.8 Å². The van der Waals surface area contributed by atoms with E-state index in [0.29, 0.717) is 0 Å². The summed E-state index contributed by atoms with van der Waals surface area (Å²) in [5, 5.41) is 24.5. The minimum Gasteiger partial charge on any atom is -0.481 e. The number of rotatable bonds is 14. The van der Waals surface area contributed by atoms with E-state index < -0.39 is 66.7 Å². The van der Waals surface area contributed by atoms with E-state index in [-0.39, 0.29) is 25.2 Å². The van der Waals surface area contributed by atoms with Crippen LogP contribution in [0.2, 0.25) is 0 Å². The van der Waals surface area contributed by atoms with Crippen LogP contribution in [0, 0.1) is 5.92 Å². The van der Waals surface area contributed by atoms with Gasteiger partial charge in [-0.25, -0.2) is 4.79 Å². The molecule has 4 amide bonds. The standard InChI is InChI=1S/C17H29N5O8/c1-8(2)14(22-15(27)9(18)3-5-11(19)23)16(28)20-7-12(24)21-10(17(29)30)4-6-13(25)26/h8-10,14H,3-7,18H2,1-2H3,(H2,19,23)(H,20,28)(H,21,24)(H,22,27)(H,25,26)(H,29,30). The number of carboxylic acid groups (broad SMARTS) is 2. The van der Waals surface area contributed by atoms with E-state index in [9.17, 15) is 28.8 Å². The Labute approximate surface area is 172 Å². The number of hydrogen-bond acceptors (Lipinski definition) is 7. The number of amides is 4. The molecule has 0 aromatic carbocycles. The SMILES string of the molecule is CC(C)C(NC(=O)C(N)CCC(N)=O)C(=O)NCC(=O)NC(CCC(=O)O)C(=O)O. The molecule has 0 aromatic rings. The molecule has 0 bridgehead atoms. The van der Waals surface area contributed by atoms with Crippen LogP contribution in [0.15, 0.2) is 0 Å². The summed E-state index contributed by atoms with van der Waals surface area (Å²) >= 11 is 0. The zero-order valence-electron chi connectivity index (χ0n) is 16.8. The molecule has 0 aromatic heterocycles. The lowest BCUT2D eigenvalue weighted by molar-refractivity contribution is -0.143. The van der Waals surface area contributed by atoms with E-state index >= 15 is 0 Å². The Kier molecular flexibility index (Phi) is 11.7. The summed E-state index contributed by atoms with van der Waals surface area (Å²) < 4.78 is 0. The van der Waals surface area contributed by atoms with Crippen LogP contribution in [-0.2, 0) is 28.8 Å². The van der Waals surface area contributed by atoms with Gasteiger partial charge in [0.05, 0.1) is 12.6 Å². The summed E-state index contributed by atoms with van der Waals surface area (Å²) in [5.74, 6) is -5.83. The van der Waals surface area contributed by atoms with Crippen LogP contribution in [0.5, 0.6) is 0 Å². The van der Waals surface area contributed by atoms with Gasteiger partial charge in [0.15, 0.2) is 0 Å². The zero-order valence-corrected chi connectivity index (χ0v) is 16.8. The third-order valence-corrected chi connectivity index (χ3v) is 3.99. The smallest absolute Gasteiger partial charge is 0.326 e. The minimum absolute atomic E-state index is 0.00290. The molecule has 9 N–H and O–H groups in total. The Morgan fingerprint density at radius 3 is 1.97 bits per heavy atom. The van der Waals surface area contributed by atoms with E-state index in [1.54, 1.807) is 13.8 Å². The first-order valence-electron chi connectivity index (χ1n) is 9.21. The molecule has 13 heteroatoms. The van der Waals surface area contributed by atoms with Crippen LogP contribution in [0.4, 0.5) is 0 Å². The summed E-state index contributed by atoms with van der Waals surface area (Å²) in [6.45, 7) is 2.71. The largest absolute Gasteiger partial charge is 0.481 e. The number of carboxylic acids is 2. The Hall–Kier alpha value is -3.22. The van der Waals surface area contributed by atoms with E-state index in [2.05, 4.69) is 16.0 Å². The maximum absolute atomic E-state index is 12.3. The number of hydrogen-bond donors (Lipinski definition) is 7. The Morgan fingerprint density at radius 1 is 0.900 bits per heavy atom. The molecule has 170 valence electrons. The highest BCUT2D eigenvalue weighted by atomic mass is 16.4. The fourth-order valence-corrected chi connectivity index (χ4v) is 2.27. The van der Waals surface area contributed by atoms with Gasteiger partial charge < -0.3 is 37.6 Å². The van der Waals surface area contributed by atoms with E-state index in [4.69, 9.17) is 21.7 Å². The van der Waals surface area contributed by atoms with Crippen molar-refractivity contribution in [1.82, 2.24) is 16.0 Å². The molecule has 0 saturated heterocycles. The first kappa shape index (κ1) is 26.8. The minimum atomic E-state index is -1.42. The second-order valence-corrected chi connectivity index (χ2v) is 6.95. The molecule has 0 fully saturated rings. The third-order valence-electron chi connectivity index (χ3n) is 3.99. The molecule has 0 heterocycles. The van der Waals surface area contributed by atoms with Crippen LogP contribution in [0.1, 0.15) is 39.5 Å². The summed E-state index contributed by atoms with van der Waals surface area (Å²) in [6.07, 6.45) is -0.873. The lowest BCUT2D eigenvalue weighted by atomic mass is 10.0. The summed E-state index contributed by atoms with van der Waals surface area (Å²) in [4.78, 5) is 68.7. The molecule has 13 nitrogen and oxygen atoms in total. The highest BCUT2D eigenvalue weighted by Crippen LogP contribution is 2.04. The molecule has 0 aliphatic carbocycles. The van der Waals surface area contributed by atoms with Gasteiger partial charge >= 0.3 is 11.9 Å². The van der Waals surface area contributed by atoms with Crippen molar-refractivity contribution >= 4 is 35.6 Å². The maximum Gasteiger partial charge on any atom is 0.326 e. The van der Waals surface area contributed by atoms with Crippen molar-refractivity contribution in [2.75, 3.05) is 6.54 Å². The van der Waals surface area contributed by atoms with Crippen molar-refractivity contribution < 1.29 is 39.0 Å². The summed E-state index contributed by atoms with van der Waals surface area (Å²) in [5.41, 5.74) is 10.7. The normalized spacial score (nSPS) is 13.6. The summed E-state index contributed by atoms with van der Waals surface area (Å²) in [6, 6.07) is -3.51. The number of aliphatic carboxylic acids is 2. The maximum atomic E-state index is 12.3. The molecule has 30 heavy (non-hydrogen) atoms. The van der Waals surface area contributed by atoms with Gasteiger partial charge in [-0.3, -0.25) is 24.0 Å². The highest BCUT2D eigenvalue weighted by molar-refractivity contribution is 5.93. The molecular weight excluding hydrogens is 402 g/mol. The van der Waals surface area contributed by atoms with Gasteiger partial charge in [0.25, 0.3) is 0 Å². The van der Waals surface area contributed by atoms with Crippen LogP contribution >= 0.6 is 0 Å². The first-order valence-corrected chi connectivity index (χ1v) is 9.21. The first-order chi connectivity index (χ1) is 13.8. The van der Waals surface area contributed by atoms with Gasteiger partial charge in [-0.05, 0) is 18.8 Å². The molecule has 3 atom stereocenters. The fraction of sp³-hybridized carbons (Fsp3) is 0.647. The second-order valence-electron chi connectivity index (χ2n) is 6.95. The highest BCUT2D eigenvalue weighted by Gasteiger charge is 2.27. The second kappa shape index (κ2) is 13.1. The third kappa shape index (κ3) is 10.9. The van der Waals surface area contributed by atoms with E-state index in [1.807, 2.05) is 0 Å². The number of nitrogens with one attached hydrogen (secondary N) is 3. The monoisotopic (exact) mass is 431 g/mol. The van der Waals surface area contributed by atoms with Crippen molar-refractivity contribution in [3.63, 3.8) is 0 Å². The van der Waals surface area contributed by atoms with Crippen LogP contribution in [-0.4, -0.2) is 70.5 Å². The molecule has 0 aliphatic rings.